The maximum atomic E-state index is 13.2. The maximum Gasteiger partial charge on any atom is 0.326 e. The van der Waals surface area contributed by atoms with Crippen LogP contribution in [-0.4, -0.2) is 57.5 Å². The fourth-order valence-electron chi connectivity index (χ4n) is 4.67. The number of carbonyl (C=O) groups excluding carboxylic acids is 1. The van der Waals surface area contributed by atoms with Gasteiger partial charge in [-0.1, -0.05) is 6.07 Å². The quantitative estimate of drug-likeness (QED) is 0.850. The van der Waals surface area contributed by atoms with Gasteiger partial charge in [0.15, 0.2) is 0 Å². The second kappa shape index (κ2) is 4.71. The number of rotatable bonds is 1. The molecule has 0 aliphatic carbocycles. The fourth-order valence-corrected chi connectivity index (χ4v) is 4.67. The Labute approximate surface area is 133 Å². The highest BCUT2D eigenvalue weighted by atomic mass is 16.2. The normalized spacial score (nSPS) is 30.0. The van der Waals surface area contributed by atoms with E-state index in [1.54, 1.807) is 4.57 Å². The molecule has 0 saturated carbocycles. The van der Waals surface area contributed by atoms with Gasteiger partial charge in [0.1, 0.15) is 0 Å². The summed E-state index contributed by atoms with van der Waals surface area (Å²) in [7, 11) is 0. The summed E-state index contributed by atoms with van der Waals surface area (Å²) in [6, 6.07) is 5.88. The van der Waals surface area contributed by atoms with Crippen molar-refractivity contribution >= 4 is 16.9 Å². The standard InChI is InChI=1S/C17H20N4O2/c22-16-12-2-1-3-13-15(12)21(17(23)18-13)9-8-20(16)14-10-19-6-4-11(14)5-7-19/h1-3,11,14H,4-10H2,(H,18,23)/t14-/m0/s1. The van der Waals surface area contributed by atoms with Crippen molar-refractivity contribution in [3.05, 3.63) is 34.2 Å². The summed E-state index contributed by atoms with van der Waals surface area (Å²) in [5.74, 6) is 0.693. The largest absolute Gasteiger partial charge is 0.332 e. The molecule has 1 aromatic carbocycles. The molecular formula is C17H20N4O2. The van der Waals surface area contributed by atoms with Gasteiger partial charge in [0.05, 0.1) is 16.6 Å². The first-order valence-corrected chi connectivity index (χ1v) is 8.47. The molecule has 1 N–H and O–H groups in total. The molecule has 4 aliphatic rings. The summed E-state index contributed by atoms with van der Waals surface area (Å²) < 4.78 is 1.73. The van der Waals surface area contributed by atoms with Crippen LogP contribution in [0.2, 0.25) is 0 Å². The number of aromatic nitrogens is 2. The number of imidazole rings is 1. The van der Waals surface area contributed by atoms with E-state index in [0.29, 0.717) is 30.6 Å². The van der Waals surface area contributed by atoms with Crippen LogP contribution < -0.4 is 5.69 Å². The molecule has 120 valence electrons. The highest BCUT2D eigenvalue weighted by Crippen LogP contribution is 2.33. The van der Waals surface area contributed by atoms with Crippen LogP contribution in [0.15, 0.2) is 23.0 Å². The summed E-state index contributed by atoms with van der Waals surface area (Å²) in [6.07, 6.45) is 2.37. The second-order valence-corrected chi connectivity index (χ2v) is 6.99. The third-order valence-corrected chi connectivity index (χ3v) is 5.87. The minimum Gasteiger partial charge on any atom is -0.332 e. The number of H-pyrrole nitrogens is 1. The van der Waals surface area contributed by atoms with Gasteiger partial charge in [-0.05, 0) is 44.0 Å². The molecule has 6 rings (SSSR count). The Morgan fingerprint density at radius 2 is 1.87 bits per heavy atom. The predicted octanol–water partition coefficient (Wildman–Crippen LogP) is 0.880. The van der Waals surface area contributed by atoms with E-state index >= 15 is 0 Å². The molecule has 0 spiro atoms. The van der Waals surface area contributed by atoms with Crippen molar-refractivity contribution in [1.29, 1.82) is 0 Å². The average Bonchev–Trinajstić information content (AvgIpc) is 2.82. The van der Waals surface area contributed by atoms with Gasteiger partial charge in [-0.3, -0.25) is 9.36 Å². The topological polar surface area (TPSA) is 61.3 Å². The summed E-state index contributed by atoms with van der Waals surface area (Å²) in [5.41, 5.74) is 2.08. The minimum atomic E-state index is -0.115. The molecule has 1 amide bonds. The first-order valence-electron chi connectivity index (χ1n) is 8.47. The van der Waals surface area contributed by atoms with Crippen LogP contribution in [0.3, 0.4) is 0 Å². The van der Waals surface area contributed by atoms with Crippen molar-refractivity contribution in [1.82, 2.24) is 19.4 Å². The first kappa shape index (κ1) is 13.4. The molecule has 0 radical (unpaired) electrons. The van der Waals surface area contributed by atoms with Crippen molar-refractivity contribution < 1.29 is 4.79 Å². The number of hydrogen-bond donors (Lipinski definition) is 1. The van der Waals surface area contributed by atoms with Gasteiger partial charge < -0.3 is 14.8 Å². The van der Waals surface area contributed by atoms with Gasteiger partial charge >= 0.3 is 5.69 Å². The molecule has 3 saturated heterocycles. The molecule has 2 bridgehead atoms. The lowest BCUT2D eigenvalue weighted by Gasteiger charge is -2.48. The van der Waals surface area contributed by atoms with Gasteiger partial charge in [0, 0.05) is 25.7 Å². The van der Waals surface area contributed by atoms with Gasteiger partial charge in [0.2, 0.25) is 0 Å². The van der Waals surface area contributed by atoms with Crippen molar-refractivity contribution in [2.75, 3.05) is 26.2 Å². The van der Waals surface area contributed by atoms with E-state index in [4.69, 9.17) is 0 Å². The van der Waals surface area contributed by atoms with E-state index in [1.807, 2.05) is 23.1 Å². The van der Waals surface area contributed by atoms with Crippen LogP contribution in [0.4, 0.5) is 0 Å². The Bertz CT molecular complexity index is 844. The number of amides is 1. The molecule has 23 heavy (non-hydrogen) atoms. The van der Waals surface area contributed by atoms with E-state index in [-0.39, 0.29) is 11.6 Å². The first-order chi connectivity index (χ1) is 11.2. The van der Waals surface area contributed by atoms with Gasteiger partial charge in [0.25, 0.3) is 5.91 Å². The molecule has 0 unspecified atom stereocenters. The van der Waals surface area contributed by atoms with Crippen LogP contribution in [0.5, 0.6) is 0 Å². The number of fused-ring (bicyclic) bond motifs is 3. The Morgan fingerprint density at radius 1 is 1.04 bits per heavy atom. The summed E-state index contributed by atoms with van der Waals surface area (Å²) >= 11 is 0. The van der Waals surface area contributed by atoms with Crippen molar-refractivity contribution in [2.24, 2.45) is 5.92 Å². The minimum absolute atomic E-state index is 0.0830. The second-order valence-electron chi connectivity index (χ2n) is 6.99. The number of hydrogen-bond acceptors (Lipinski definition) is 3. The summed E-state index contributed by atoms with van der Waals surface area (Å²) in [4.78, 5) is 32.7. The number of piperidine rings is 3. The molecule has 1 atom stereocenters. The van der Waals surface area contributed by atoms with Gasteiger partial charge in [-0.25, -0.2) is 4.79 Å². The summed E-state index contributed by atoms with van der Waals surface area (Å²) in [6.45, 7) is 4.51. The molecular weight excluding hydrogens is 292 g/mol. The maximum absolute atomic E-state index is 13.2. The molecule has 4 aliphatic heterocycles. The Morgan fingerprint density at radius 3 is 2.61 bits per heavy atom. The molecule has 1 aromatic heterocycles. The number of nitrogens with zero attached hydrogens (tertiary/aromatic N) is 3. The molecule has 2 aromatic rings. The third kappa shape index (κ3) is 1.84. The molecule has 6 heteroatoms. The Hall–Kier alpha value is -2.08. The number of benzene rings is 1. The molecule has 6 nitrogen and oxygen atoms in total. The van der Waals surface area contributed by atoms with Crippen molar-refractivity contribution in [3.63, 3.8) is 0 Å². The van der Waals surface area contributed by atoms with Crippen LogP contribution in [0.25, 0.3) is 11.0 Å². The number of carbonyl (C=O) groups is 1. The van der Waals surface area contributed by atoms with Crippen LogP contribution in [-0.2, 0) is 6.54 Å². The van der Waals surface area contributed by atoms with Crippen molar-refractivity contribution in [3.8, 4) is 0 Å². The lowest BCUT2D eigenvalue weighted by molar-refractivity contribution is 0.00720. The van der Waals surface area contributed by atoms with Crippen LogP contribution >= 0.6 is 0 Å². The molecule has 5 heterocycles. The van der Waals surface area contributed by atoms with Gasteiger partial charge in [-0.2, -0.15) is 0 Å². The van der Waals surface area contributed by atoms with E-state index in [2.05, 4.69) is 9.88 Å². The summed E-state index contributed by atoms with van der Waals surface area (Å²) in [5, 5.41) is 0. The lowest BCUT2D eigenvalue weighted by atomic mass is 9.83. The van der Waals surface area contributed by atoms with E-state index < -0.39 is 0 Å². The third-order valence-electron chi connectivity index (χ3n) is 5.87. The Kier molecular flexibility index (Phi) is 2.74. The van der Waals surface area contributed by atoms with E-state index in [0.717, 1.165) is 17.6 Å². The average molecular weight is 312 g/mol. The molecule has 3 fully saturated rings. The SMILES string of the molecule is O=C1c2cccc3[nH]c(=O)n(c23)CCN1[C@H]1CN2CCC1CC2. The number of aromatic amines is 1. The van der Waals surface area contributed by atoms with Crippen LogP contribution in [0.1, 0.15) is 23.2 Å². The highest BCUT2D eigenvalue weighted by molar-refractivity contribution is 6.05. The smallest absolute Gasteiger partial charge is 0.326 e. The van der Waals surface area contributed by atoms with Crippen molar-refractivity contribution in [2.45, 2.75) is 25.4 Å². The van der Waals surface area contributed by atoms with E-state index in [9.17, 15) is 9.59 Å². The highest BCUT2D eigenvalue weighted by Gasteiger charge is 2.40. The monoisotopic (exact) mass is 312 g/mol. The number of nitrogens with one attached hydrogen (secondary N) is 1. The number of para-hydroxylation sites is 1. The van der Waals surface area contributed by atoms with Crippen LogP contribution in [0, 0.1) is 5.92 Å². The zero-order valence-electron chi connectivity index (χ0n) is 13.0. The van der Waals surface area contributed by atoms with Gasteiger partial charge in [-0.15, -0.1) is 0 Å². The lowest BCUT2D eigenvalue weighted by Crippen LogP contribution is -2.59. The Balaban J connectivity index is 1.60. The zero-order valence-corrected chi connectivity index (χ0v) is 13.0. The fraction of sp³-hybridized carbons (Fsp3) is 0.529. The van der Waals surface area contributed by atoms with E-state index in [1.165, 1.54) is 25.9 Å². The predicted molar refractivity (Wildman–Crippen MR) is 86.5 cm³/mol. The zero-order chi connectivity index (χ0) is 15.6.